The van der Waals surface area contributed by atoms with Gasteiger partial charge in [-0.1, -0.05) is 24.3 Å². The van der Waals surface area contributed by atoms with Gasteiger partial charge in [0.1, 0.15) is 6.54 Å². The maximum absolute atomic E-state index is 12.6. The van der Waals surface area contributed by atoms with Crippen LogP contribution in [0.5, 0.6) is 0 Å². The zero-order chi connectivity index (χ0) is 17.9. The van der Waals surface area contributed by atoms with Crippen LogP contribution in [0.2, 0.25) is 0 Å². The third-order valence-corrected chi connectivity index (χ3v) is 3.46. The van der Waals surface area contributed by atoms with Crippen LogP contribution in [-0.4, -0.2) is 21.7 Å². The number of hydrogen-bond acceptors (Lipinski definition) is 3. The molecule has 0 aliphatic rings. The van der Waals surface area contributed by atoms with Crippen LogP contribution in [0, 0.1) is 0 Å². The van der Waals surface area contributed by atoms with Gasteiger partial charge in [0.15, 0.2) is 0 Å². The summed E-state index contributed by atoms with van der Waals surface area (Å²) in [6.07, 6.45) is -1.71. The third kappa shape index (κ3) is 4.03. The lowest BCUT2D eigenvalue weighted by Gasteiger charge is -2.06. The van der Waals surface area contributed by atoms with Crippen molar-refractivity contribution >= 4 is 23.2 Å². The van der Waals surface area contributed by atoms with Crippen molar-refractivity contribution < 1.29 is 18.0 Å². The number of alkyl halides is 3. The van der Waals surface area contributed by atoms with E-state index in [0.717, 1.165) is 23.2 Å². The molecule has 8 heteroatoms. The molecule has 1 aromatic heterocycles. The predicted molar refractivity (Wildman–Crippen MR) is 86.9 cm³/mol. The Hall–Kier alpha value is -3.16. The fourth-order valence-corrected chi connectivity index (χ4v) is 2.30. The first kappa shape index (κ1) is 16.7. The standard InChI is InChI=1S/C17H13F3N4O/c18-17(19,20)13-5-3-4-12(8-13)9-22-23-16(25)10-24-11-21-14-6-1-2-7-15(14)24/h1-9,11H,10H2,(H,23,25)/b22-9-. The number of hydrazone groups is 1. The quantitative estimate of drug-likeness (QED) is 0.583. The highest BCUT2D eigenvalue weighted by Crippen LogP contribution is 2.29. The molecule has 3 rings (SSSR count). The second kappa shape index (κ2) is 6.76. The van der Waals surface area contributed by atoms with E-state index in [0.29, 0.717) is 0 Å². The Bertz CT molecular complexity index is 931. The summed E-state index contributed by atoms with van der Waals surface area (Å²) < 4.78 is 39.6. The molecule has 0 aliphatic heterocycles. The van der Waals surface area contributed by atoms with Gasteiger partial charge in [0.25, 0.3) is 5.91 Å². The summed E-state index contributed by atoms with van der Waals surface area (Å²) >= 11 is 0. The molecule has 0 unspecified atom stereocenters. The topological polar surface area (TPSA) is 59.3 Å². The number of para-hydroxylation sites is 2. The number of carbonyl (C=O) groups is 1. The Balaban J connectivity index is 1.63. The van der Waals surface area contributed by atoms with Gasteiger partial charge in [-0.25, -0.2) is 10.4 Å². The van der Waals surface area contributed by atoms with Crippen molar-refractivity contribution in [2.45, 2.75) is 12.7 Å². The van der Waals surface area contributed by atoms with Gasteiger partial charge < -0.3 is 4.57 Å². The Morgan fingerprint density at radius 3 is 2.80 bits per heavy atom. The van der Waals surface area contributed by atoms with Crippen molar-refractivity contribution in [1.29, 1.82) is 0 Å². The van der Waals surface area contributed by atoms with Crippen LogP contribution in [0.4, 0.5) is 13.2 Å². The highest BCUT2D eigenvalue weighted by molar-refractivity contribution is 5.83. The Morgan fingerprint density at radius 2 is 2.00 bits per heavy atom. The second-order valence-corrected chi connectivity index (χ2v) is 5.28. The van der Waals surface area contributed by atoms with E-state index < -0.39 is 17.6 Å². The van der Waals surface area contributed by atoms with E-state index in [1.165, 1.54) is 18.3 Å². The first-order chi connectivity index (χ1) is 11.9. The normalized spacial score (nSPS) is 12.0. The van der Waals surface area contributed by atoms with E-state index in [-0.39, 0.29) is 12.1 Å². The molecule has 0 saturated heterocycles. The highest BCUT2D eigenvalue weighted by Gasteiger charge is 2.30. The number of halogens is 3. The molecule has 0 radical (unpaired) electrons. The van der Waals surface area contributed by atoms with Gasteiger partial charge in [-0.3, -0.25) is 4.79 Å². The SMILES string of the molecule is O=C(Cn1cnc2ccccc21)N/N=C\c1cccc(C(F)(F)F)c1. The molecule has 0 atom stereocenters. The van der Waals surface area contributed by atoms with Crippen LogP contribution in [0.15, 0.2) is 60.0 Å². The summed E-state index contributed by atoms with van der Waals surface area (Å²) in [6.45, 7) is 0.000441. The zero-order valence-corrected chi connectivity index (χ0v) is 12.9. The largest absolute Gasteiger partial charge is 0.416 e. The average Bonchev–Trinajstić information content (AvgIpc) is 2.98. The second-order valence-electron chi connectivity index (χ2n) is 5.28. The van der Waals surface area contributed by atoms with Gasteiger partial charge in [-0.2, -0.15) is 18.3 Å². The Kier molecular flexibility index (Phi) is 4.51. The molecule has 0 fully saturated rings. The number of benzene rings is 2. The van der Waals surface area contributed by atoms with Crippen molar-refractivity contribution in [2.24, 2.45) is 5.10 Å². The average molecular weight is 346 g/mol. The van der Waals surface area contributed by atoms with Crippen molar-refractivity contribution in [3.63, 3.8) is 0 Å². The lowest BCUT2D eigenvalue weighted by molar-refractivity contribution is -0.137. The van der Waals surface area contributed by atoms with Crippen LogP contribution in [0.3, 0.4) is 0 Å². The molecule has 0 bridgehead atoms. The van der Waals surface area contributed by atoms with Crippen LogP contribution in [-0.2, 0) is 17.5 Å². The third-order valence-electron chi connectivity index (χ3n) is 3.46. The number of carbonyl (C=O) groups excluding carboxylic acids is 1. The zero-order valence-electron chi connectivity index (χ0n) is 12.9. The molecule has 2 aromatic carbocycles. The number of imidazole rings is 1. The van der Waals surface area contributed by atoms with Gasteiger partial charge in [-0.05, 0) is 29.8 Å². The van der Waals surface area contributed by atoms with E-state index in [4.69, 9.17) is 0 Å². The number of nitrogens with one attached hydrogen (secondary N) is 1. The summed E-state index contributed by atoms with van der Waals surface area (Å²) in [5.41, 5.74) is 3.33. The van der Waals surface area contributed by atoms with E-state index in [1.807, 2.05) is 24.3 Å². The summed E-state index contributed by atoms with van der Waals surface area (Å²) in [4.78, 5) is 16.1. The molecule has 3 aromatic rings. The molecule has 1 heterocycles. The van der Waals surface area contributed by atoms with Gasteiger partial charge in [0.2, 0.25) is 0 Å². The van der Waals surface area contributed by atoms with Crippen LogP contribution < -0.4 is 5.43 Å². The number of nitrogens with zero attached hydrogens (tertiary/aromatic N) is 3. The summed E-state index contributed by atoms with van der Waals surface area (Å²) in [6, 6.07) is 12.0. The number of hydrogen-bond donors (Lipinski definition) is 1. The van der Waals surface area contributed by atoms with Gasteiger partial charge in [0, 0.05) is 0 Å². The molecule has 5 nitrogen and oxygen atoms in total. The van der Waals surface area contributed by atoms with Crippen LogP contribution >= 0.6 is 0 Å². The molecule has 1 N–H and O–H groups in total. The lowest BCUT2D eigenvalue weighted by Crippen LogP contribution is -2.22. The molecular weight excluding hydrogens is 333 g/mol. The van der Waals surface area contributed by atoms with Gasteiger partial charge in [-0.15, -0.1) is 0 Å². The molecule has 0 spiro atoms. The van der Waals surface area contributed by atoms with E-state index in [1.54, 1.807) is 10.9 Å². The van der Waals surface area contributed by atoms with Crippen LogP contribution in [0.25, 0.3) is 11.0 Å². The summed E-state index contributed by atoms with van der Waals surface area (Å²) in [7, 11) is 0. The maximum Gasteiger partial charge on any atom is 0.416 e. The number of aromatic nitrogens is 2. The minimum atomic E-state index is -4.42. The summed E-state index contributed by atoms with van der Waals surface area (Å²) in [5.74, 6) is -0.411. The predicted octanol–water partition coefficient (Wildman–Crippen LogP) is 3.21. The maximum atomic E-state index is 12.6. The van der Waals surface area contributed by atoms with E-state index in [2.05, 4.69) is 15.5 Å². The first-order valence-electron chi connectivity index (χ1n) is 7.32. The molecule has 1 amide bonds. The molecule has 0 saturated carbocycles. The number of rotatable bonds is 4. The molecular formula is C17H13F3N4O. The first-order valence-corrected chi connectivity index (χ1v) is 7.32. The van der Waals surface area contributed by atoms with E-state index in [9.17, 15) is 18.0 Å². The Labute approximate surface area is 140 Å². The van der Waals surface area contributed by atoms with Crippen molar-refractivity contribution in [1.82, 2.24) is 15.0 Å². The number of fused-ring (bicyclic) bond motifs is 1. The van der Waals surface area contributed by atoms with Gasteiger partial charge in [0.05, 0.1) is 29.1 Å². The fourth-order valence-electron chi connectivity index (χ4n) is 2.30. The molecule has 0 aliphatic carbocycles. The van der Waals surface area contributed by atoms with Crippen molar-refractivity contribution in [3.05, 3.63) is 66.0 Å². The molecule has 25 heavy (non-hydrogen) atoms. The number of amides is 1. The smallest absolute Gasteiger partial charge is 0.321 e. The lowest BCUT2D eigenvalue weighted by atomic mass is 10.1. The minimum absolute atomic E-state index is 0.000441. The molecule has 128 valence electrons. The fraction of sp³-hybridized carbons (Fsp3) is 0.118. The summed E-state index contributed by atoms with van der Waals surface area (Å²) in [5, 5.41) is 3.70. The van der Waals surface area contributed by atoms with E-state index >= 15 is 0 Å². The monoisotopic (exact) mass is 346 g/mol. The Morgan fingerprint density at radius 1 is 1.20 bits per heavy atom. The van der Waals surface area contributed by atoms with Crippen molar-refractivity contribution in [3.8, 4) is 0 Å². The van der Waals surface area contributed by atoms with Gasteiger partial charge >= 0.3 is 6.18 Å². The van der Waals surface area contributed by atoms with Crippen molar-refractivity contribution in [2.75, 3.05) is 0 Å². The minimum Gasteiger partial charge on any atom is -0.321 e. The van der Waals surface area contributed by atoms with Crippen LogP contribution in [0.1, 0.15) is 11.1 Å². The highest BCUT2D eigenvalue weighted by atomic mass is 19.4.